The van der Waals surface area contributed by atoms with Crippen LogP contribution in [-0.4, -0.2) is 35.4 Å². The first-order valence-corrected chi connectivity index (χ1v) is 14.5. The van der Waals surface area contributed by atoms with Crippen molar-refractivity contribution in [3.63, 3.8) is 0 Å². The molecule has 0 bridgehead atoms. The van der Waals surface area contributed by atoms with Gasteiger partial charge in [-0.05, 0) is 104 Å². The van der Waals surface area contributed by atoms with Crippen LogP contribution in [0.2, 0.25) is 0 Å². The largest absolute Gasteiger partial charge is 0.507 e. The Hall–Kier alpha value is -3.35. The average molecular weight is 542 g/mol. The fourth-order valence-corrected chi connectivity index (χ4v) is 7.97. The van der Waals surface area contributed by atoms with Crippen molar-refractivity contribution in [3.8, 4) is 17.2 Å². The molecule has 6 nitrogen and oxygen atoms in total. The summed E-state index contributed by atoms with van der Waals surface area (Å²) in [5.41, 5.74) is 3.93. The third kappa shape index (κ3) is 4.67. The lowest BCUT2D eigenvalue weighted by Gasteiger charge is -2.50. The van der Waals surface area contributed by atoms with Gasteiger partial charge in [0, 0.05) is 23.7 Å². The zero-order valence-electron chi connectivity index (χ0n) is 23.5. The maximum atomic E-state index is 12.4. The number of hydrogen-bond donors (Lipinski definition) is 3. The topological polar surface area (TPSA) is 88.0 Å². The summed E-state index contributed by atoms with van der Waals surface area (Å²) in [6, 6.07) is 20.1. The van der Waals surface area contributed by atoms with Crippen LogP contribution >= 0.6 is 0 Å². The standard InChI is InChI=1S/C34H39NO5/c1-20(25-13-11-24(18-31(25)36)40-33(38)21-7-5-4-6-8-21)35-30-19-29-28-12-9-22-17-23(39-3)10-14-26(22)27(28)15-16-34(29,2)32(30)37/h4-8,10-11,13-14,17-18,20,27-30,32,35-37H,9,12,15-16,19H2,1-3H3/t20?,27-,28-,29+,30-,32+,34+/m1/s1. The van der Waals surface area contributed by atoms with Gasteiger partial charge in [-0.25, -0.2) is 4.79 Å². The number of rotatable bonds is 6. The molecule has 3 aliphatic carbocycles. The Morgan fingerprint density at radius 2 is 1.82 bits per heavy atom. The van der Waals surface area contributed by atoms with Crippen LogP contribution in [0.1, 0.15) is 78.5 Å². The molecule has 0 aliphatic heterocycles. The number of nitrogens with one attached hydrogen (secondary N) is 1. The number of aliphatic hydroxyl groups excluding tert-OH is 1. The second kappa shape index (κ2) is 10.6. The molecular formula is C34H39NO5. The number of phenols is 1. The highest BCUT2D eigenvalue weighted by Crippen LogP contribution is 2.61. The molecule has 0 radical (unpaired) electrons. The van der Waals surface area contributed by atoms with Crippen molar-refractivity contribution in [1.82, 2.24) is 5.32 Å². The van der Waals surface area contributed by atoms with Gasteiger partial charge in [0.2, 0.25) is 0 Å². The molecule has 0 aromatic heterocycles. The molecule has 2 fully saturated rings. The lowest BCUT2D eigenvalue weighted by molar-refractivity contribution is -0.0286. The highest BCUT2D eigenvalue weighted by molar-refractivity contribution is 5.91. The van der Waals surface area contributed by atoms with E-state index in [-0.39, 0.29) is 23.2 Å². The maximum Gasteiger partial charge on any atom is 0.343 e. The molecule has 6 rings (SSSR count). The predicted molar refractivity (Wildman–Crippen MR) is 154 cm³/mol. The Morgan fingerprint density at radius 3 is 2.58 bits per heavy atom. The van der Waals surface area contributed by atoms with Crippen LogP contribution in [0.5, 0.6) is 17.2 Å². The van der Waals surface area contributed by atoms with E-state index in [1.54, 1.807) is 43.5 Å². The molecule has 3 N–H and O–H groups in total. The number of fused-ring (bicyclic) bond motifs is 5. The monoisotopic (exact) mass is 541 g/mol. The summed E-state index contributed by atoms with van der Waals surface area (Å²) >= 11 is 0. The summed E-state index contributed by atoms with van der Waals surface area (Å²) in [6.07, 6.45) is 4.77. The minimum atomic E-state index is -0.466. The van der Waals surface area contributed by atoms with Crippen molar-refractivity contribution < 1.29 is 24.5 Å². The molecule has 210 valence electrons. The smallest absolute Gasteiger partial charge is 0.343 e. The highest BCUT2D eigenvalue weighted by Gasteiger charge is 2.58. The van der Waals surface area contributed by atoms with E-state index in [2.05, 4.69) is 30.4 Å². The van der Waals surface area contributed by atoms with E-state index in [1.165, 1.54) is 17.2 Å². The predicted octanol–water partition coefficient (Wildman–Crippen LogP) is 6.17. The lowest BCUT2D eigenvalue weighted by atomic mass is 9.55. The van der Waals surface area contributed by atoms with Crippen LogP contribution < -0.4 is 14.8 Å². The van der Waals surface area contributed by atoms with Crippen molar-refractivity contribution in [2.75, 3.05) is 7.11 Å². The normalized spacial score (nSPS) is 29.6. The Kier molecular flexibility index (Phi) is 7.09. The first kappa shape index (κ1) is 26.9. The zero-order chi connectivity index (χ0) is 28.0. The van der Waals surface area contributed by atoms with Gasteiger partial charge in [0.25, 0.3) is 0 Å². The van der Waals surface area contributed by atoms with E-state index in [0.717, 1.165) is 37.9 Å². The molecule has 0 saturated heterocycles. The molecule has 0 spiro atoms. The van der Waals surface area contributed by atoms with Gasteiger partial charge in [-0.1, -0.05) is 37.3 Å². The minimum absolute atomic E-state index is 0.0593. The van der Waals surface area contributed by atoms with Crippen LogP contribution in [-0.2, 0) is 6.42 Å². The molecule has 1 unspecified atom stereocenters. The van der Waals surface area contributed by atoms with Crippen LogP contribution in [0.4, 0.5) is 0 Å². The van der Waals surface area contributed by atoms with Crippen molar-refractivity contribution in [3.05, 3.63) is 89.0 Å². The van der Waals surface area contributed by atoms with Gasteiger partial charge in [-0.15, -0.1) is 0 Å². The van der Waals surface area contributed by atoms with Crippen LogP contribution in [0.3, 0.4) is 0 Å². The van der Waals surface area contributed by atoms with Gasteiger partial charge in [0.1, 0.15) is 17.2 Å². The number of carbonyl (C=O) groups is 1. The van der Waals surface area contributed by atoms with Gasteiger partial charge in [-0.2, -0.15) is 0 Å². The van der Waals surface area contributed by atoms with E-state index in [0.29, 0.717) is 34.6 Å². The molecule has 3 aliphatic rings. The van der Waals surface area contributed by atoms with Crippen molar-refractivity contribution in [2.24, 2.45) is 17.3 Å². The quantitative estimate of drug-likeness (QED) is 0.256. The fraction of sp³-hybridized carbons (Fsp3) is 0.441. The Labute approximate surface area is 236 Å². The third-order valence-electron chi connectivity index (χ3n) is 10.1. The van der Waals surface area contributed by atoms with Gasteiger partial charge >= 0.3 is 5.97 Å². The summed E-state index contributed by atoms with van der Waals surface area (Å²) in [5.74, 6) is 2.35. The van der Waals surface area contributed by atoms with E-state index in [1.807, 2.05) is 13.0 Å². The molecule has 7 atom stereocenters. The molecule has 0 amide bonds. The van der Waals surface area contributed by atoms with Gasteiger partial charge in [0.05, 0.1) is 18.8 Å². The fourth-order valence-electron chi connectivity index (χ4n) is 7.97. The van der Waals surface area contributed by atoms with Crippen LogP contribution in [0.15, 0.2) is 66.7 Å². The highest BCUT2D eigenvalue weighted by atomic mass is 16.5. The molecule has 6 heteroatoms. The Balaban J connectivity index is 1.15. The first-order chi connectivity index (χ1) is 19.3. The van der Waals surface area contributed by atoms with E-state index < -0.39 is 12.1 Å². The molecule has 3 aromatic carbocycles. The number of hydrogen-bond acceptors (Lipinski definition) is 6. The zero-order valence-corrected chi connectivity index (χ0v) is 23.5. The van der Waals surface area contributed by atoms with Gasteiger partial charge in [-0.3, -0.25) is 0 Å². The van der Waals surface area contributed by atoms with E-state index >= 15 is 0 Å². The van der Waals surface area contributed by atoms with E-state index in [9.17, 15) is 15.0 Å². The van der Waals surface area contributed by atoms with Crippen LogP contribution in [0, 0.1) is 17.3 Å². The number of aromatic hydroxyl groups is 1. The second-order valence-corrected chi connectivity index (χ2v) is 12.2. The molecular weight excluding hydrogens is 502 g/mol. The third-order valence-corrected chi connectivity index (χ3v) is 10.1. The molecule has 0 heterocycles. The van der Waals surface area contributed by atoms with Crippen molar-refractivity contribution >= 4 is 5.97 Å². The number of carbonyl (C=O) groups excluding carboxylic acids is 1. The second-order valence-electron chi connectivity index (χ2n) is 12.2. The minimum Gasteiger partial charge on any atom is -0.507 e. The summed E-state index contributed by atoms with van der Waals surface area (Å²) in [4.78, 5) is 12.4. The number of phenolic OH excluding ortho intramolecular Hbond substituents is 1. The average Bonchev–Trinajstić information content (AvgIpc) is 3.22. The number of benzene rings is 3. The summed E-state index contributed by atoms with van der Waals surface area (Å²) in [6.45, 7) is 4.29. The number of methoxy groups -OCH3 is 1. The van der Waals surface area contributed by atoms with Crippen molar-refractivity contribution in [1.29, 1.82) is 0 Å². The Bertz CT molecular complexity index is 1390. The summed E-state index contributed by atoms with van der Waals surface area (Å²) in [5, 5.41) is 26.1. The maximum absolute atomic E-state index is 12.4. The summed E-state index contributed by atoms with van der Waals surface area (Å²) in [7, 11) is 1.72. The number of aryl methyl sites for hydroxylation is 1. The molecule has 40 heavy (non-hydrogen) atoms. The Morgan fingerprint density at radius 1 is 1.05 bits per heavy atom. The van der Waals surface area contributed by atoms with Crippen LogP contribution in [0.25, 0.3) is 0 Å². The SMILES string of the molecule is COc1ccc2c(c1)CC[C@@H]1[C@@H]2CC[C@]2(C)[C@@H](O)[C@H](NC(C)c3ccc(OC(=O)c4ccccc4)cc3O)C[C@@H]12. The number of esters is 1. The molecule has 3 aromatic rings. The summed E-state index contributed by atoms with van der Waals surface area (Å²) < 4.78 is 10.9. The van der Waals surface area contributed by atoms with Gasteiger partial charge < -0.3 is 25.0 Å². The number of aliphatic hydroxyl groups is 1. The molecule has 2 saturated carbocycles. The van der Waals surface area contributed by atoms with E-state index in [4.69, 9.17) is 9.47 Å². The first-order valence-electron chi connectivity index (χ1n) is 14.5. The van der Waals surface area contributed by atoms with Gasteiger partial charge in [0.15, 0.2) is 0 Å². The van der Waals surface area contributed by atoms with Crippen molar-refractivity contribution in [2.45, 2.75) is 70.1 Å². The lowest BCUT2D eigenvalue weighted by Crippen LogP contribution is -2.46. The number of ether oxygens (including phenoxy) is 2.